The van der Waals surface area contributed by atoms with Crippen LogP contribution in [0.5, 0.6) is 0 Å². The van der Waals surface area contributed by atoms with Gasteiger partial charge in [0.15, 0.2) is 36.2 Å². The third-order valence-electron chi connectivity index (χ3n) is 6.95. The lowest BCUT2D eigenvalue weighted by Crippen LogP contribution is -2.32. The summed E-state index contributed by atoms with van der Waals surface area (Å²) in [5.74, 6) is 0.143. The van der Waals surface area contributed by atoms with Crippen LogP contribution in [-0.4, -0.2) is 87.9 Å². The number of nitrogens with one attached hydrogen (secondary N) is 1. The molecule has 0 aromatic carbocycles. The molecule has 0 saturated carbocycles. The van der Waals surface area contributed by atoms with Crippen LogP contribution >= 0.6 is 26.2 Å². The molecule has 2 unspecified atom stereocenters. The molecule has 17 nitrogen and oxygen atoms in total. The highest BCUT2D eigenvalue weighted by Gasteiger charge is 2.52. The fraction of sp³-hybridized carbons (Fsp3) is 0.476. The SMILES string of the molecule is Nc1ncnc2c1ncn2[C@@H]1O[C@H](CO)C[C@H]1OP(O)(=S)OC[C@H]1O[C@@H](n2ccc3c(=O)[nH]cnc32)[C@@H](F)[C@@H]1O[P+](=O)S. The van der Waals surface area contributed by atoms with E-state index in [4.69, 9.17) is 40.6 Å². The van der Waals surface area contributed by atoms with E-state index in [9.17, 15) is 19.4 Å². The predicted molar refractivity (Wildman–Crippen MR) is 153 cm³/mol. The summed E-state index contributed by atoms with van der Waals surface area (Å²) < 4.78 is 58.6. The van der Waals surface area contributed by atoms with Gasteiger partial charge in [-0.05, 0) is 22.4 Å². The van der Waals surface area contributed by atoms with Crippen molar-refractivity contribution in [3.8, 4) is 0 Å². The molecular formula is C21H24FN8O9P2S2+. The van der Waals surface area contributed by atoms with E-state index >= 15 is 4.39 Å². The fourth-order valence-electron chi connectivity index (χ4n) is 5.07. The molecule has 230 valence electrons. The van der Waals surface area contributed by atoms with E-state index in [-0.39, 0.29) is 29.9 Å². The second-order valence-corrected chi connectivity index (χ2v) is 14.0. The highest BCUT2D eigenvalue weighted by molar-refractivity contribution is 8.39. The number of nitrogens with two attached hydrogens (primary N) is 1. The molecule has 4 aromatic rings. The Morgan fingerprint density at radius 2 is 2.07 bits per heavy atom. The number of nitrogens with zero attached hydrogens (tertiary/aromatic N) is 6. The molecule has 0 spiro atoms. The second-order valence-electron chi connectivity index (χ2n) is 9.57. The van der Waals surface area contributed by atoms with Crippen molar-refractivity contribution in [3.63, 3.8) is 0 Å². The van der Waals surface area contributed by atoms with Gasteiger partial charge in [0.1, 0.15) is 41.9 Å². The van der Waals surface area contributed by atoms with Crippen LogP contribution in [0.25, 0.3) is 22.2 Å². The number of nitrogen functional groups attached to an aromatic ring is 1. The summed E-state index contributed by atoms with van der Waals surface area (Å²) in [4.78, 5) is 41.9. The van der Waals surface area contributed by atoms with E-state index in [0.29, 0.717) is 11.2 Å². The monoisotopic (exact) mass is 677 g/mol. The van der Waals surface area contributed by atoms with Crippen molar-refractivity contribution in [3.05, 3.63) is 41.6 Å². The van der Waals surface area contributed by atoms with Crippen LogP contribution in [0.15, 0.2) is 36.0 Å². The molecule has 6 rings (SSSR count). The van der Waals surface area contributed by atoms with Gasteiger partial charge in [-0.1, -0.05) is 0 Å². The molecule has 2 fully saturated rings. The minimum Gasteiger partial charge on any atom is -0.394 e. The lowest BCUT2D eigenvalue weighted by atomic mass is 10.1. The first-order chi connectivity index (χ1) is 20.6. The number of hydrogen-bond donors (Lipinski definition) is 5. The van der Waals surface area contributed by atoms with E-state index in [2.05, 4.69) is 37.2 Å². The number of anilines is 1. The van der Waals surface area contributed by atoms with Crippen LogP contribution in [0.4, 0.5) is 10.2 Å². The van der Waals surface area contributed by atoms with Crippen molar-refractivity contribution in [2.45, 2.75) is 49.5 Å². The van der Waals surface area contributed by atoms with E-state index in [1.165, 1.54) is 34.1 Å². The molecular weight excluding hydrogens is 653 g/mol. The van der Waals surface area contributed by atoms with Gasteiger partial charge >= 0.3 is 13.9 Å². The number of alkyl halides is 1. The first-order valence-electron chi connectivity index (χ1n) is 12.6. The van der Waals surface area contributed by atoms with Gasteiger partial charge in [0, 0.05) is 12.6 Å². The van der Waals surface area contributed by atoms with Gasteiger partial charge in [-0.15, -0.1) is 4.52 Å². The molecule has 2 aliphatic heterocycles. The highest BCUT2D eigenvalue weighted by atomic mass is 32.7. The van der Waals surface area contributed by atoms with Gasteiger partial charge in [-0.25, -0.2) is 24.3 Å². The van der Waals surface area contributed by atoms with Gasteiger partial charge in [0.25, 0.3) is 5.56 Å². The smallest absolute Gasteiger partial charge is 0.394 e. The van der Waals surface area contributed by atoms with Crippen molar-refractivity contribution >= 4 is 66.0 Å². The van der Waals surface area contributed by atoms with Crippen LogP contribution in [0.2, 0.25) is 0 Å². The fourth-order valence-corrected chi connectivity index (χ4v) is 7.30. The summed E-state index contributed by atoms with van der Waals surface area (Å²) in [6.07, 6.45) is -3.13. The average molecular weight is 678 g/mol. The highest BCUT2D eigenvalue weighted by Crippen LogP contribution is 2.51. The standard InChI is InChI=1S/C21H23FN8O9P2S2/c22-13-15(38-40(33)42)12(37-21(13)29-2-1-10-17(29)25-7-27-19(10)32)5-35-41(34,43)39-11-3-9(4-31)36-20(11)30-8-28-14-16(23)24-6-26-18(14)30/h1-2,6-9,11-13,15,20-21,31H,3-5H2,(H4-,23,24,25,26,27,32,33,34,42,43)/p+1/t9-,11+,12+,13-,15+,20+,21+,41?/m0/s1. The maximum Gasteiger partial charge on any atom is 0.582 e. The van der Waals surface area contributed by atoms with Gasteiger partial charge in [0.2, 0.25) is 0 Å². The van der Waals surface area contributed by atoms with Crippen LogP contribution in [0.1, 0.15) is 18.9 Å². The summed E-state index contributed by atoms with van der Waals surface area (Å²) in [6, 6.07) is 1.45. The third-order valence-corrected chi connectivity index (χ3v) is 9.24. The van der Waals surface area contributed by atoms with Gasteiger partial charge in [-0.2, -0.15) is 0 Å². The lowest BCUT2D eigenvalue weighted by molar-refractivity contribution is -0.0537. The van der Waals surface area contributed by atoms with Crippen LogP contribution < -0.4 is 11.3 Å². The number of H-pyrrole nitrogens is 1. The minimum absolute atomic E-state index is 0.122. The number of hydrogen-bond acceptors (Lipinski definition) is 14. The van der Waals surface area contributed by atoms with Crippen molar-refractivity contribution in [1.82, 2.24) is 34.1 Å². The Hall–Kier alpha value is -2.48. The zero-order chi connectivity index (χ0) is 30.5. The van der Waals surface area contributed by atoms with Crippen LogP contribution in [-0.2, 0) is 39.4 Å². The molecule has 0 bridgehead atoms. The van der Waals surface area contributed by atoms with Gasteiger partial charge < -0.3 is 43.8 Å². The Kier molecular flexibility index (Phi) is 8.62. The van der Waals surface area contributed by atoms with Gasteiger partial charge in [0.05, 0.1) is 37.4 Å². The zero-order valence-electron chi connectivity index (χ0n) is 21.7. The second kappa shape index (κ2) is 12.1. The number of halogens is 1. The number of aromatic nitrogens is 7. The van der Waals surface area contributed by atoms with Gasteiger partial charge in [-0.3, -0.25) is 9.36 Å². The number of aromatic amines is 1. The number of fused-ring (bicyclic) bond motifs is 2. The normalized spacial score (nSPS) is 29.4. The number of ether oxygens (including phenoxy) is 2. The Balaban J connectivity index is 1.20. The Bertz CT molecular complexity index is 1780. The van der Waals surface area contributed by atoms with E-state index in [1.54, 1.807) is 0 Å². The molecule has 2 aliphatic rings. The topological polar surface area (TPSA) is 224 Å². The average Bonchev–Trinajstić information content (AvgIpc) is 3.73. The Morgan fingerprint density at radius 3 is 2.84 bits per heavy atom. The molecule has 2 saturated heterocycles. The molecule has 6 heterocycles. The number of rotatable bonds is 10. The van der Waals surface area contributed by atoms with Crippen molar-refractivity contribution in [2.24, 2.45) is 0 Å². The molecule has 0 amide bonds. The van der Waals surface area contributed by atoms with E-state index in [1.807, 2.05) is 0 Å². The van der Waals surface area contributed by atoms with Crippen LogP contribution in [0, 0.1) is 0 Å². The predicted octanol–water partition coefficient (Wildman–Crippen LogP) is 1.25. The van der Waals surface area contributed by atoms with Crippen LogP contribution in [0.3, 0.4) is 0 Å². The van der Waals surface area contributed by atoms with Crippen molar-refractivity contribution in [2.75, 3.05) is 18.9 Å². The molecule has 43 heavy (non-hydrogen) atoms. The van der Waals surface area contributed by atoms with Crippen molar-refractivity contribution < 1.29 is 42.0 Å². The zero-order valence-corrected chi connectivity index (χ0v) is 25.2. The number of aliphatic hydroxyl groups excluding tert-OH is 1. The summed E-state index contributed by atoms with van der Waals surface area (Å²) >= 11 is 8.98. The summed E-state index contributed by atoms with van der Waals surface area (Å²) in [7, 11) is -2.57. The quantitative estimate of drug-likeness (QED) is 0.118. The molecule has 4 aromatic heterocycles. The summed E-state index contributed by atoms with van der Waals surface area (Å²) in [5.41, 5.74) is 6.23. The molecule has 0 radical (unpaired) electrons. The van der Waals surface area contributed by atoms with E-state index in [0.717, 1.165) is 6.33 Å². The Morgan fingerprint density at radius 1 is 1.26 bits per heavy atom. The minimum atomic E-state index is -4.08. The number of thiol groups is 1. The Labute approximate surface area is 251 Å². The number of aliphatic hydroxyl groups is 1. The largest absolute Gasteiger partial charge is 0.582 e. The van der Waals surface area contributed by atoms with E-state index < -0.39 is 69.2 Å². The first kappa shape index (κ1) is 30.5. The molecule has 0 aliphatic carbocycles. The third kappa shape index (κ3) is 5.97. The first-order valence-corrected chi connectivity index (χ1v) is 17.5. The molecule has 9 atom stereocenters. The molecule has 5 N–H and O–H groups in total. The summed E-state index contributed by atoms with van der Waals surface area (Å²) in [6.45, 7) is -4.96. The maximum absolute atomic E-state index is 15.7. The van der Waals surface area contributed by atoms with Crippen molar-refractivity contribution in [1.29, 1.82) is 0 Å². The number of imidazole rings is 1. The summed E-state index contributed by atoms with van der Waals surface area (Å²) in [5, 5.41) is 9.93. The molecule has 22 heteroatoms. The lowest BCUT2D eigenvalue weighted by Gasteiger charge is -2.25. The maximum atomic E-state index is 15.7.